The Kier molecular flexibility index (Phi) is 7.07. The number of H-pyrrole nitrogens is 1. The molecule has 0 aliphatic rings. The minimum absolute atomic E-state index is 0.171. The molecule has 2 aromatic carbocycles. The van der Waals surface area contributed by atoms with E-state index in [4.69, 9.17) is 4.74 Å². The van der Waals surface area contributed by atoms with Crippen LogP contribution in [0.5, 0.6) is 5.75 Å². The zero-order valence-electron chi connectivity index (χ0n) is 19.3. The molecule has 2 amide bonds. The highest BCUT2D eigenvalue weighted by Gasteiger charge is 2.30. The molecule has 0 saturated carbocycles. The van der Waals surface area contributed by atoms with Crippen LogP contribution in [-0.4, -0.2) is 53.0 Å². The molecule has 2 heterocycles. The molecule has 1 unspecified atom stereocenters. The van der Waals surface area contributed by atoms with Gasteiger partial charge < -0.3 is 10.1 Å². The van der Waals surface area contributed by atoms with Gasteiger partial charge in [0.25, 0.3) is 5.16 Å². The number of aromatic nitrogens is 5. The second kappa shape index (κ2) is 10.2. The molecule has 0 bridgehead atoms. The molecule has 1 atom stereocenters. The highest BCUT2D eigenvalue weighted by Crippen LogP contribution is 2.32. The predicted molar refractivity (Wildman–Crippen MR) is 132 cm³/mol. The maximum atomic E-state index is 13.3. The molecular formula is C22H21N7O5S2. The number of amides is 2. The molecule has 14 heteroatoms. The fourth-order valence-corrected chi connectivity index (χ4v) is 5.59. The minimum atomic E-state index is -3.86. The third-order valence-corrected chi connectivity index (χ3v) is 8.37. The molecule has 12 nitrogen and oxygen atoms in total. The maximum absolute atomic E-state index is 13.3. The molecule has 4 aromatic rings. The SMILES string of the molecule is COc1ccccc1C(=O)c1cc(C)ccc1NC(=O)Nc1ncc(C(C)S(=O)(=O)c2nnn[nH]2)s1. The lowest BCUT2D eigenvalue weighted by molar-refractivity contribution is 0.103. The van der Waals surface area contributed by atoms with Crippen molar-refractivity contribution in [1.29, 1.82) is 0 Å². The van der Waals surface area contributed by atoms with Crippen LogP contribution < -0.4 is 15.4 Å². The number of carbonyl (C=O) groups excluding carboxylic acids is 2. The normalized spacial score (nSPS) is 12.1. The summed E-state index contributed by atoms with van der Waals surface area (Å²) in [6.07, 6.45) is 1.36. The van der Waals surface area contributed by atoms with E-state index in [1.807, 2.05) is 6.92 Å². The first-order chi connectivity index (χ1) is 17.2. The van der Waals surface area contributed by atoms with E-state index in [0.717, 1.165) is 16.9 Å². The smallest absolute Gasteiger partial charge is 0.325 e. The summed E-state index contributed by atoms with van der Waals surface area (Å²) in [5.41, 5.74) is 1.77. The standard InChI is InChI=1S/C22H21N7O5S2/c1-12-8-9-16(15(10-12)19(30)14-6-4-5-7-17(14)34-3)24-20(31)25-21-23-11-18(35-21)13(2)36(32,33)22-26-28-29-27-22/h4-11,13H,1-3H3,(H2,23,24,25,31)(H,26,27,28,29). The largest absolute Gasteiger partial charge is 0.496 e. The summed E-state index contributed by atoms with van der Waals surface area (Å²) in [6.45, 7) is 3.31. The molecular weight excluding hydrogens is 506 g/mol. The lowest BCUT2D eigenvalue weighted by Crippen LogP contribution is -2.21. The van der Waals surface area contributed by atoms with Crippen molar-refractivity contribution in [3.8, 4) is 5.75 Å². The van der Waals surface area contributed by atoms with Crippen LogP contribution in [0.1, 0.15) is 38.5 Å². The highest BCUT2D eigenvalue weighted by molar-refractivity contribution is 7.91. The number of methoxy groups -OCH3 is 1. The molecule has 0 fully saturated rings. The third-order valence-electron chi connectivity index (χ3n) is 5.23. The Morgan fingerprint density at radius 3 is 2.61 bits per heavy atom. The number of hydrogen-bond donors (Lipinski definition) is 3. The Bertz CT molecular complexity index is 1520. The number of tetrazole rings is 1. The van der Waals surface area contributed by atoms with Crippen LogP contribution in [0.4, 0.5) is 15.6 Å². The summed E-state index contributed by atoms with van der Waals surface area (Å²) in [7, 11) is -2.38. The first-order valence-corrected chi connectivity index (χ1v) is 12.9. The topological polar surface area (TPSA) is 169 Å². The second-order valence-corrected chi connectivity index (χ2v) is 10.9. The van der Waals surface area contributed by atoms with Crippen molar-refractivity contribution >= 4 is 43.8 Å². The maximum Gasteiger partial charge on any atom is 0.325 e. The number of anilines is 2. The number of nitrogens with zero attached hydrogens (tertiary/aromatic N) is 4. The van der Waals surface area contributed by atoms with Gasteiger partial charge in [0, 0.05) is 16.6 Å². The number of aromatic amines is 1. The number of hydrogen-bond acceptors (Lipinski definition) is 10. The third kappa shape index (κ3) is 5.08. The number of ether oxygens (including phenoxy) is 1. The number of nitrogens with one attached hydrogen (secondary N) is 3. The van der Waals surface area contributed by atoms with Gasteiger partial charge in [-0.1, -0.05) is 28.9 Å². The summed E-state index contributed by atoms with van der Waals surface area (Å²) in [4.78, 5) is 30.5. The van der Waals surface area contributed by atoms with E-state index >= 15 is 0 Å². The van der Waals surface area contributed by atoms with Gasteiger partial charge in [0.2, 0.25) is 9.84 Å². The summed E-state index contributed by atoms with van der Waals surface area (Å²) in [5.74, 6) is 0.101. The Morgan fingerprint density at radius 1 is 1.11 bits per heavy atom. The van der Waals surface area contributed by atoms with Crippen molar-refractivity contribution in [3.63, 3.8) is 0 Å². The monoisotopic (exact) mass is 527 g/mol. The number of para-hydroxylation sites is 1. The first kappa shape index (κ1) is 24.9. The molecule has 3 N–H and O–H groups in total. The number of aryl methyl sites for hydroxylation is 1. The van der Waals surface area contributed by atoms with Gasteiger partial charge in [0.05, 0.1) is 18.4 Å². The Balaban J connectivity index is 1.52. The van der Waals surface area contributed by atoms with Crippen molar-refractivity contribution in [2.24, 2.45) is 0 Å². The fourth-order valence-electron chi connectivity index (χ4n) is 3.31. The van der Waals surface area contributed by atoms with E-state index in [2.05, 4.69) is 36.2 Å². The number of thiazole rings is 1. The van der Waals surface area contributed by atoms with Gasteiger partial charge in [0.1, 0.15) is 11.0 Å². The number of carbonyl (C=O) groups is 2. The predicted octanol–water partition coefficient (Wildman–Crippen LogP) is 3.38. The van der Waals surface area contributed by atoms with E-state index in [1.165, 1.54) is 20.2 Å². The molecule has 0 aliphatic carbocycles. The summed E-state index contributed by atoms with van der Waals surface area (Å²) < 4.78 is 30.5. The minimum Gasteiger partial charge on any atom is -0.496 e. The Labute approximate surface area is 210 Å². The van der Waals surface area contributed by atoms with Crippen molar-refractivity contribution in [2.75, 3.05) is 17.7 Å². The van der Waals surface area contributed by atoms with Crippen molar-refractivity contribution in [3.05, 3.63) is 70.2 Å². The molecule has 0 radical (unpaired) electrons. The van der Waals surface area contributed by atoms with Crippen LogP contribution in [-0.2, 0) is 9.84 Å². The number of urea groups is 1. The molecule has 36 heavy (non-hydrogen) atoms. The zero-order valence-corrected chi connectivity index (χ0v) is 21.0. The van der Waals surface area contributed by atoms with Crippen molar-refractivity contribution < 1.29 is 22.7 Å². The molecule has 2 aromatic heterocycles. The van der Waals surface area contributed by atoms with Crippen LogP contribution in [0.25, 0.3) is 0 Å². The van der Waals surface area contributed by atoms with Crippen LogP contribution in [0, 0.1) is 6.92 Å². The lowest BCUT2D eigenvalue weighted by Gasteiger charge is -2.13. The quantitative estimate of drug-likeness (QED) is 0.291. The second-order valence-electron chi connectivity index (χ2n) is 7.62. The lowest BCUT2D eigenvalue weighted by atomic mass is 9.99. The molecule has 186 valence electrons. The van der Waals surface area contributed by atoms with Gasteiger partial charge in [-0.2, -0.15) is 0 Å². The van der Waals surface area contributed by atoms with E-state index in [1.54, 1.807) is 42.5 Å². The van der Waals surface area contributed by atoms with Crippen molar-refractivity contribution in [1.82, 2.24) is 25.6 Å². The summed E-state index contributed by atoms with van der Waals surface area (Å²) >= 11 is 0.991. The van der Waals surface area contributed by atoms with Crippen molar-refractivity contribution in [2.45, 2.75) is 24.3 Å². The van der Waals surface area contributed by atoms with Crippen LogP contribution in [0.2, 0.25) is 0 Å². The molecule has 0 aliphatic heterocycles. The van der Waals surface area contributed by atoms with Crippen LogP contribution >= 0.6 is 11.3 Å². The van der Waals surface area contributed by atoms with E-state index < -0.39 is 21.1 Å². The molecule has 0 saturated heterocycles. The Morgan fingerprint density at radius 2 is 1.89 bits per heavy atom. The zero-order chi connectivity index (χ0) is 25.9. The van der Waals surface area contributed by atoms with E-state index in [0.29, 0.717) is 21.9 Å². The van der Waals surface area contributed by atoms with Crippen LogP contribution in [0.15, 0.2) is 53.8 Å². The fraction of sp³-hybridized carbons (Fsp3) is 0.182. The number of sulfone groups is 1. The molecule has 0 spiro atoms. The highest BCUT2D eigenvalue weighted by atomic mass is 32.2. The van der Waals surface area contributed by atoms with Gasteiger partial charge in [-0.3, -0.25) is 10.1 Å². The number of benzene rings is 2. The van der Waals surface area contributed by atoms with Gasteiger partial charge in [-0.25, -0.2) is 23.3 Å². The average Bonchev–Trinajstić information content (AvgIpc) is 3.57. The first-order valence-electron chi connectivity index (χ1n) is 10.5. The number of rotatable bonds is 8. The number of ketones is 1. The summed E-state index contributed by atoms with van der Waals surface area (Å²) in [6, 6.07) is 11.2. The van der Waals surface area contributed by atoms with Gasteiger partial charge in [-0.05, 0) is 48.5 Å². The Hall–Kier alpha value is -4.17. The summed E-state index contributed by atoms with van der Waals surface area (Å²) in [5, 5.41) is 16.4. The van der Waals surface area contributed by atoms with E-state index in [-0.39, 0.29) is 21.6 Å². The van der Waals surface area contributed by atoms with Gasteiger partial charge in [0.15, 0.2) is 10.9 Å². The van der Waals surface area contributed by atoms with Crippen LogP contribution in [0.3, 0.4) is 0 Å². The van der Waals surface area contributed by atoms with E-state index in [9.17, 15) is 18.0 Å². The molecule has 4 rings (SSSR count). The van der Waals surface area contributed by atoms with Gasteiger partial charge >= 0.3 is 6.03 Å². The van der Waals surface area contributed by atoms with Gasteiger partial charge in [-0.15, -0.1) is 11.3 Å². The average molecular weight is 528 g/mol.